The summed E-state index contributed by atoms with van der Waals surface area (Å²) < 4.78 is 10.8. The van der Waals surface area contributed by atoms with Crippen LogP contribution in [0, 0.1) is 5.41 Å². The SMILES string of the molecule is CCCCC[C@]1(CO)COc2cc(OC)ccc2C1=O. The molecule has 110 valence electrons. The van der Waals surface area contributed by atoms with Gasteiger partial charge in [0.1, 0.15) is 18.1 Å². The van der Waals surface area contributed by atoms with Crippen LogP contribution in [-0.4, -0.2) is 31.2 Å². The van der Waals surface area contributed by atoms with Crippen molar-refractivity contribution in [3.63, 3.8) is 0 Å². The summed E-state index contributed by atoms with van der Waals surface area (Å²) in [5.41, 5.74) is -0.237. The van der Waals surface area contributed by atoms with Crippen LogP contribution in [0.1, 0.15) is 43.0 Å². The van der Waals surface area contributed by atoms with Gasteiger partial charge in [-0.25, -0.2) is 0 Å². The first kappa shape index (κ1) is 14.9. The van der Waals surface area contributed by atoms with Crippen molar-refractivity contribution in [1.82, 2.24) is 0 Å². The largest absolute Gasteiger partial charge is 0.497 e. The summed E-state index contributed by atoms with van der Waals surface area (Å²) in [5.74, 6) is 1.20. The van der Waals surface area contributed by atoms with Crippen LogP contribution in [0.15, 0.2) is 18.2 Å². The van der Waals surface area contributed by atoms with Crippen molar-refractivity contribution in [3.8, 4) is 11.5 Å². The summed E-state index contributed by atoms with van der Waals surface area (Å²) in [6.45, 7) is 2.19. The standard InChI is InChI=1S/C16H22O4/c1-3-4-5-8-16(10-17)11-20-14-9-12(19-2)6-7-13(14)15(16)18/h6-7,9,17H,3-5,8,10-11H2,1-2H3/t16-/m0/s1. The average molecular weight is 278 g/mol. The van der Waals surface area contributed by atoms with Crippen LogP contribution in [0.5, 0.6) is 11.5 Å². The molecule has 1 atom stereocenters. The Bertz CT molecular complexity index is 483. The summed E-state index contributed by atoms with van der Waals surface area (Å²) in [4.78, 5) is 12.7. The maximum Gasteiger partial charge on any atom is 0.178 e. The zero-order valence-corrected chi connectivity index (χ0v) is 12.1. The number of carbonyl (C=O) groups is 1. The van der Waals surface area contributed by atoms with Crippen molar-refractivity contribution in [2.45, 2.75) is 32.6 Å². The zero-order chi connectivity index (χ0) is 14.6. The van der Waals surface area contributed by atoms with Crippen LogP contribution in [0.25, 0.3) is 0 Å². The van der Waals surface area contributed by atoms with Crippen molar-refractivity contribution in [1.29, 1.82) is 0 Å². The van der Waals surface area contributed by atoms with Gasteiger partial charge >= 0.3 is 0 Å². The number of fused-ring (bicyclic) bond motifs is 1. The van der Waals surface area contributed by atoms with Gasteiger partial charge in [-0.15, -0.1) is 0 Å². The fourth-order valence-corrected chi connectivity index (χ4v) is 2.60. The van der Waals surface area contributed by atoms with Crippen LogP contribution in [0.2, 0.25) is 0 Å². The molecule has 0 saturated heterocycles. The van der Waals surface area contributed by atoms with E-state index in [0.717, 1.165) is 19.3 Å². The van der Waals surface area contributed by atoms with Crippen molar-refractivity contribution < 1.29 is 19.4 Å². The third kappa shape index (κ3) is 2.66. The summed E-state index contributed by atoms with van der Waals surface area (Å²) in [6, 6.07) is 5.19. The van der Waals surface area contributed by atoms with Gasteiger partial charge in [0.2, 0.25) is 0 Å². The van der Waals surface area contributed by atoms with Gasteiger partial charge in [-0.2, -0.15) is 0 Å². The van der Waals surface area contributed by atoms with E-state index in [0.29, 0.717) is 23.5 Å². The van der Waals surface area contributed by atoms with E-state index in [-0.39, 0.29) is 19.0 Å². The predicted octanol–water partition coefficient (Wildman–Crippen LogP) is 2.83. The van der Waals surface area contributed by atoms with Crippen molar-refractivity contribution >= 4 is 5.78 Å². The Balaban J connectivity index is 2.24. The van der Waals surface area contributed by atoms with E-state index in [4.69, 9.17) is 9.47 Å². The molecular weight excluding hydrogens is 256 g/mol. The van der Waals surface area contributed by atoms with E-state index in [2.05, 4.69) is 6.92 Å². The number of aliphatic hydroxyl groups excluding tert-OH is 1. The second-order valence-electron chi connectivity index (χ2n) is 5.38. The molecule has 0 saturated carbocycles. The molecule has 20 heavy (non-hydrogen) atoms. The number of unbranched alkanes of at least 4 members (excludes halogenated alkanes) is 2. The molecule has 0 radical (unpaired) electrons. The molecule has 4 nitrogen and oxygen atoms in total. The number of rotatable bonds is 6. The number of carbonyl (C=O) groups excluding carboxylic acids is 1. The number of ether oxygens (including phenoxy) is 2. The summed E-state index contributed by atoms with van der Waals surface area (Å²) in [5, 5.41) is 9.71. The molecule has 4 heteroatoms. The zero-order valence-electron chi connectivity index (χ0n) is 12.1. The highest BCUT2D eigenvalue weighted by Gasteiger charge is 2.43. The first-order chi connectivity index (χ1) is 9.66. The van der Waals surface area contributed by atoms with Crippen molar-refractivity contribution in [2.24, 2.45) is 5.41 Å². The molecule has 1 aromatic rings. The lowest BCUT2D eigenvalue weighted by Crippen LogP contribution is -2.44. The number of aliphatic hydroxyl groups is 1. The Hall–Kier alpha value is -1.55. The summed E-state index contributed by atoms with van der Waals surface area (Å²) in [7, 11) is 1.58. The van der Waals surface area contributed by atoms with Gasteiger partial charge in [0.15, 0.2) is 5.78 Å². The lowest BCUT2D eigenvalue weighted by molar-refractivity contribution is 0.0335. The van der Waals surface area contributed by atoms with E-state index >= 15 is 0 Å². The van der Waals surface area contributed by atoms with Gasteiger partial charge in [0, 0.05) is 6.07 Å². The summed E-state index contributed by atoms with van der Waals surface area (Å²) >= 11 is 0. The molecular formula is C16H22O4. The minimum absolute atomic E-state index is 0.0139. The second-order valence-corrected chi connectivity index (χ2v) is 5.38. The minimum Gasteiger partial charge on any atom is -0.497 e. The van der Waals surface area contributed by atoms with Gasteiger partial charge in [-0.05, 0) is 18.6 Å². The predicted molar refractivity (Wildman–Crippen MR) is 76.5 cm³/mol. The molecule has 0 spiro atoms. The monoisotopic (exact) mass is 278 g/mol. The van der Waals surface area contributed by atoms with Crippen LogP contribution in [0.4, 0.5) is 0 Å². The topological polar surface area (TPSA) is 55.8 Å². The van der Waals surface area contributed by atoms with Gasteiger partial charge in [-0.3, -0.25) is 4.79 Å². The van der Waals surface area contributed by atoms with Gasteiger partial charge < -0.3 is 14.6 Å². The highest BCUT2D eigenvalue weighted by Crippen LogP contribution is 2.39. The number of hydrogen-bond donors (Lipinski definition) is 1. The highest BCUT2D eigenvalue weighted by molar-refractivity contribution is 6.04. The van der Waals surface area contributed by atoms with Crippen LogP contribution in [-0.2, 0) is 0 Å². The van der Waals surface area contributed by atoms with E-state index in [9.17, 15) is 9.90 Å². The normalized spacial score (nSPS) is 21.2. The van der Waals surface area contributed by atoms with Crippen LogP contribution >= 0.6 is 0 Å². The second kappa shape index (κ2) is 6.27. The first-order valence-corrected chi connectivity index (χ1v) is 7.13. The fraction of sp³-hybridized carbons (Fsp3) is 0.562. The Labute approximate surface area is 119 Å². The molecule has 1 aliphatic heterocycles. The van der Waals surface area contributed by atoms with Crippen molar-refractivity contribution in [2.75, 3.05) is 20.3 Å². The molecule has 2 rings (SSSR count). The lowest BCUT2D eigenvalue weighted by Gasteiger charge is -2.35. The molecule has 1 N–H and O–H groups in total. The van der Waals surface area contributed by atoms with Gasteiger partial charge in [-0.1, -0.05) is 26.2 Å². The number of Topliss-reactive ketones (excluding diaryl/α,β-unsaturated/α-hetero) is 1. The molecule has 0 aliphatic carbocycles. The summed E-state index contributed by atoms with van der Waals surface area (Å²) in [6.07, 6.45) is 3.74. The van der Waals surface area contributed by atoms with Crippen LogP contribution in [0.3, 0.4) is 0 Å². The quantitative estimate of drug-likeness (QED) is 0.813. The van der Waals surface area contributed by atoms with E-state index < -0.39 is 5.41 Å². The number of methoxy groups -OCH3 is 1. The fourth-order valence-electron chi connectivity index (χ4n) is 2.60. The molecule has 0 aromatic heterocycles. The molecule has 1 heterocycles. The smallest absolute Gasteiger partial charge is 0.178 e. The average Bonchev–Trinajstić information content (AvgIpc) is 2.49. The molecule has 0 fully saturated rings. The van der Waals surface area contributed by atoms with E-state index in [1.54, 1.807) is 25.3 Å². The Kier molecular flexibility index (Phi) is 4.65. The molecule has 1 aromatic carbocycles. The highest BCUT2D eigenvalue weighted by atomic mass is 16.5. The maximum atomic E-state index is 12.7. The van der Waals surface area contributed by atoms with Gasteiger partial charge in [0.05, 0.1) is 24.7 Å². The first-order valence-electron chi connectivity index (χ1n) is 7.13. The van der Waals surface area contributed by atoms with Crippen LogP contribution < -0.4 is 9.47 Å². The van der Waals surface area contributed by atoms with Crippen molar-refractivity contribution in [3.05, 3.63) is 23.8 Å². The third-order valence-corrected chi connectivity index (χ3v) is 3.98. The number of benzene rings is 1. The lowest BCUT2D eigenvalue weighted by atomic mass is 9.76. The minimum atomic E-state index is -0.781. The molecule has 0 amide bonds. The molecule has 0 bridgehead atoms. The molecule has 1 aliphatic rings. The Morgan fingerprint density at radius 3 is 2.85 bits per heavy atom. The maximum absolute atomic E-state index is 12.7. The van der Waals surface area contributed by atoms with E-state index in [1.807, 2.05) is 0 Å². The Morgan fingerprint density at radius 2 is 2.20 bits per heavy atom. The number of hydrogen-bond acceptors (Lipinski definition) is 4. The van der Waals surface area contributed by atoms with E-state index in [1.165, 1.54) is 0 Å². The number of ketones is 1. The third-order valence-electron chi connectivity index (χ3n) is 3.98. The molecule has 0 unspecified atom stereocenters. The Morgan fingerprint density at radius 1 is 1.40 bits per heavy atom. The van der Waals surface area contributed by atoms with Gasteiger partial charge in [0.25, 0.3) is 0 Å².